The summed E-state index contributed by atoms with van der Waals surface area (Å²) in [6, 6.07) is 14.3. The molecule has 5 rings (SSSR count). The summed E-state index contributed by atoms with van der Waals surface area (Å²) in [5.74, 6) is 1.89. The second-order valence-corrected chi connectivity index (χ2v) is 8.13. The average molecular weight is 390 g/mol. The van der Waals surface area contributed by atoms with Crippen molar-refractivity contribution in [3.63, 3.8) is 0 Å². The van der Waals surface area contributed by atoms with Gasteiger partial charge in [-0.1, -0.05) is 54.4 Å². The molecule has 1 saturated heterocycles. The molecule has 1 aliphatic carbocycles. The van der Waals surface area contributed by atoms with Crippen molar-refractivity contribution in [3.05, 3.63) is 48.3 Å². The van der Waals surface area contributed by atoms with Gasteiger partial charge in [0.25, 0.3) is 5.89 Å². The minimum absolute atomic E-state index is 0.266. The first-order valence-electron chi connectivity index (χ1n) is 10.6. The van der Waals surface area contributed by atoms with Crippen molar-refractivity contribution >= 4 is 16.7 Å². The van der Waals surface area contributed by atoms with E-state index in [0.717, 1.165) is 55.4 Å². The Morgan fingerprint density at radius 1 is 1.00 bits per heavy atom. The SMILES string of the molecule is O=C(C1CCCC1)N1CCN(Cc2noc(-c3cccc4ccccc34)n2)CC1. The zero-order valence-electron chi connectivity index (χ0n) is 16.6. The fourth-order valence-corrected chi connectivity index (χ4v) is 4.60. The number of piperazine rings is 1. The highest BCUT2D eigenvalue weighted by atomic mass is 16.5. The molecule has 150 valence electrons. The Bertz CT molecular complexity index is 996. The lowest BCUT2D eigenvalue weighted by Gasteiger charge is -2.35. The lowest BCUT2D eigenvalue weighted by atomic mass is 10.0. The van der Waals surface area contributed by atoms with Crippen LogP contribution in [0.15, 0.2) is 47.0 Å². The smallest absolute Gasteiger partial charge is 0.258 e. The standard InChI is InChI=1S/C23H26N4O2/c28-23(18-7-1-2-8-18)27-14-12-26(13-15-27)16-21-24-22(29-25-21)20-11-5-9-17-6-3-4-10-19(17)20/h3-6,9-11,18H,1-2,7-8,12-16H2. The van der Waals surface area contributed by atoms with E-state index in [1.54, 1.807) is 0 Å². The van der Waals surface area contributed by atoms with Crippen LogP contribution in [0.1, 0.15) is 31.5 Å². The molecule has 2 aliphatic rings. The quantitative estimate of drug-likeness (QED) is 0.679. The van der Waals surface area contributed by atoms with Gasteiger partial charge in [-0.3, -0.25) is 9.69 Å². The van der Waals surface area contributed by atoms with Gasteiger partial charge in [-0.05, 0) is 29.7 Å². The molecule has 3 aromatic rings. The van der Waals surface area contributed by atoms with Crippen molar-refractivity contribution in [2.45, 2.75) is 32.2 Å². The number of benzene rings is 2. The molecule has 1 aromatic heterocycles. The van der Waals surface area contributed by atoms with E-state index < -0.39 is 0 Å². The zero-order chi connectivity index (χ0) is 19.6. The molecule has 2 fully saturated rings. The van der Waals surface area contributed by atoms with Crippen molar-refractivity contribution in [2.75, 3.05) is 26.2 Å². The third kappa shape index (κ3) is 3.77. The first-order valence-corrected chi connectivity index (χ1v) is 10.6. The van der Waals surface area contributed by atoms with Gasteiger partial charge in [0.2, 0.25) is 5.91 Å². The van der Waals surface area contributed by atoms with Crippen LogP contribution in [0.25, 0.3) is 22.2 Å². The molecule has 1 aliphatic heterocycles. The first-order chi connectivity index (χ1) is 14.3. The number of aromatic nitrogens is 2. The molecule has 2 heterocycles. The number of carbonyl (C=O) groups is 1. The van der Waals surface area contributed by atoms with E-state index >= 15 is 0 Å². The number of fused-ring (bicyclic) bond motifs is 1. The van der Waals surface area contributed by atoms with Crippen LogP contribution in [-0.4, -0.2) is 52.0 Å². The van der Waals surface area contributed by atoms with Crippen LogP contribution in [0.4, 0.5) is 0 Å². The molecule has 1 saturated carbocycles. The van der Waals surface area contributed by atoms with Gasteiger partial charge in [0.1, 0.15) is 0 Å². The number of hydrogen-bond donors (Lipinski definition) is 0. The summed E-state index contributed by atoms with van der Waals surface area (Å²) in [5, 5.41) is 6.48. The largest absolute Gasteiger partial charge is 0.340 e. The van der Waals surface area contributed by atoms with Crippen molar-refractivity contribution in [1.82, 2.24) is 19.9 Å². The molecule has 0 N–H and O–H groups in total. The summed E-state index contributed by atoms with van der Waals surface area (Å²) in [7, 11) is 0. The minimum Gasteiger partial charge on any atom is -0.340 e. The number of carbonyl (C=O) groups excluding carboxylic acids is 1. The minimum atomic E-state index is 0.266. The molecule has 6 nitrogen and oxygen atoms in total. The van der Waals surface area contributed by atoms with Crippen molar-refractivity contribution in [2.24, 2.45) is 5.92 Å². The fraction of sp³-hybridized carbons (Fsp3) is 0.435. The Labute approximate surface area is 170 Å². The van der Waals surface area contributed by atoms with Crippen LogP contribution >= 0.6 is 0 Å². The van der Waals surface area contributed by atoms with E-state index in [4.69, 9.17) is 4.52 Å². The molecule has 1 amide bonds. The summed E-state index contributed by atoms with van der Waals surface area (Å²) in [6.45, 7) is 3.96. The maximum absolute atomic E-state index is 12.6. The highest BCUT2D eigenvalue weighted by Gasteiger charge is 2.29. The fourth-order valence-electron chi connectivity index (χ4n) is 4.60. The number of hydrogen-bond acceptors (Lipinski definition) is 5. The Hall–Kier alpha value is -2.73. The van der Waals surface area contributed by atoms with Crippen LogP contribution in [0.3, 0.4) is 0 Å². The summed E-state index contributed by atoms with van der Waals surface area (Å²) < 4.78 is 5.57. The number of rotatable bonds is 4. The van der Waals surface area contributed by atoms with E-state index in [-0.39, 0.29) is 5.92 Å². The predicted molar refractivity (Wildman–Crippen MR) is 111 cm³/mol. The van der Waals surface area contributed by atoms with Gasteiger partial charge < -0.3 is 9.42 Å². The summed E-state index contributed by atoms with van der Waals surface area (Å²) in [4.78, 5) is 21.6. The third-order valence-corrected chi connectivity index (χ3v) is 6.24. The highest BCUT2D eigenvalue weighted by Crippen LogP contribution is 2.28. The molecule has 29 heavy (non-hydrogen) atoms. The van der Waals surface area contributed by atoms with Crippen LogP contribution < -0.4 is 0 Å². The third-order valence-electron chi connectivity index (χ3n) is 6.24. The molecule has 6 heteroatoms. The highest BCUT2D eigenvalue weighted by molar-refractivity contribution is 5.94. The van der Waals surface area contributed by atoms with E-state index in [1.165, 1.54) is 12.8 Å². The van der Waals surface area contributed by atoms with Crippen LogP contribution in [0.2, 0.25) is 0 Å². The van der Waals surface area contributed by atoms with Gasteiger partial charge in [-0.2, -0.15) is 4.98 Å². The molecule has 2 aromatic carbocycles. The van der Waals surface area contributed by atoms with E-state index in [0.29, 0.717) is 24.2 Å². The molecule has 0 unspecified atom stereocenters. The summed E-state index contributed by atoms with van der Waals surface area (Å²) in [5.41, 5.74) is 0.967. The van der Waals surface area contributed by atoms with E-state index in [1.807, 2.05) is 29.2 Å². The molecular formula is C23H26N4O2. The Morgan fingerprint density at radius 2 is 1.76 bits per heavy atom. The topological polar surface area (TPSA) is 62.5 Å². The molecule has 0 radical (unpaired) electrons. The monoisotopic (exact) mass is 390 g/mol. The maximum Gasteiger partial charge on any atom is 0.258 e. The summed E-state index contributed by atoms with van der Waals surface area (Å²) in [6.07, 6.45) is 4.54. The Kier molecular flexibility index (Phi) is 5.02. The van der Waals surface area contributed by atoms with Crippen molar-refractivity contribution in [1.29, 1.82) is 0 Å². The normalized spacial score (nSPS) is 18.6. The molecule has 0 bridgehead atoms. The average Bonchev–Trinajstić information content (AvgIpc) is 3.46. The van der Waals surface area contributed by atoms with E-state index in [9.17, 15) is 4.79 Å². The van der Waals surface area contributed by atoms with Crippen LogP contribution in [0.5, 0.6) is 0 Å². The Balaban J connectivity index is 1.23. The number of amides is 1. The lowest BCUT2D eigenvalue weighted by molar-refractivity contribution is -0.137. The van der Waals surface area contributed by atoms with Crippen molar-refractivity contribution < 1.29 is 9.32 Å². The van der Waals surface area contributed by atoms with Gasteiger partial charge in [0.05, 0.1) is 6.54 Å². The van der Waals surface area contributed by atoms with Crippen molar-refractivity contribution in [3.8, 4) is 11.5 Å². The molecule has 0 atom stereocenters. The summed E-state index contributed by atoms with van der Waals surface area (Å²) >= 11 is 0. The lowest BCUT2D eigenvalue weighted by Crippen LogP contribution is -2.49. The van der Waals surface area contributed by atoms with Gasteiger partial charge >= 0.3 is 0 Å². The zero-order valence-corrected chi connectivity index (χ0v) is 16.6. The first kappa shape index (κ1) is 18.3. The molecular weight excluding hydrogens is 364 g/mol. The van der Waals surface area contributed by atoms with Crippen LogP contribution in [-0.2, 0) is 11.3 Å². The van der Waals surface area contributed by atoms with Gasteiger partial charge in [0, 0.05) is 37.7 Å². The predicted octanol–water partition coefficient (Wildman–Crippen LogP) is 3.72. The second kappa shape index (κ2) is 7.95. The van der Waals surface area contributed by atoms with E-state index in [2.05, 4.69) is 33.2 Å². The van der Waals surface area contributed by atoms with Gasteiger partial charge in [-0.15, -0.1) is 0 Å². The second-order valence-electron chi connectivity index (χ2n) is 8.13. The number of nitrogens with zero attached hydrogens (tertiary/aromatic N) is 4. The van der Waals surface area contributed by atoms with Gasteiger partial charge in [0.15, 0.2) is 5.82 Å². The molecule has 0 spiro atoms. The van der Waals surface area contributed by atoms with Crippen LogP contribution in [0, 0.1) is 5.92 Å². The van der Waals surface area contributed by atoms with Gasteiger partial charge in [-0.25, -0.2) is 0 Å². The maximum atomic E-state index is 12.6. The Morgan fingerprint density at radius 3 is 2.59 bits per heavy atom.